The van der Waals surface area contributed by atoms with Crippen LogP contribution in [-0.2, 0) is 15.7 Å². The number of alkyl halides is 3. The average molecular weight is 450 g/mol. The lowest BCUT2D eigenvalue weighted by molar-refractivity contribution is -0.141. The molecule has 0 saturated heterocycles. The Hall–Kier alpha value is -3.56. The van der Waals surface area contributed by atoms with Gasteiger partial charge in [0.15, 0.2) is 5.69 Å². The minimum atomic E-state index is -4.92. The van der Waals surface area contributed by atoms with Crippen LogP contribution in [0, 0.1) is 0 Å². The maximum atomic E-state index is 13.6. The SMILES string of the molecule is CCOC(=O)c1ccc(-c2cn(C(=O)OC(C)(C)C)c3cc(O)ccc23)nc1C(F)(F)F. The van der Waals surface area contributed by atoms with E-state index in [0.717, 1.165) is 10.6 Å². The van der Waals surface area contributed by atoms with Gasteiger partial charge in [-0.25, -0.2) is 14.6 Å². The van der Waals surface area contributed by atoms with Crippen LogP contribution in [0.15, 0.2) is 36.5 Å². The largest absolute Gasteiger partial charge is 0.508 e. The standard InChI is InChI=1S/C22H21F3N2O5/c1-5-31-19(29)14-8-9-16(26-18(14)22(23,24)25)15-11-27(20(30)32-21(2,3)4)17-10-12(28)6-7-13(15)17/h6-11,28H,5H2,1-4H3. The highest BCUT2D eigenvalue weighted by molar-refractivity contribution is 6.01. The number of pyridine rings is 1. The highest BCUT2D eigenvalue weighted by Gasteiger charge is 2.38. The molecule has 0 fully saturated rings. The van der Waals surface area contributed by atoms with Crippen molar-refractivity contribution in [2.45, 2.75) is 39.5 Å². The lowest BCUT2D eigenvalue weighted by Gasteiger charge is -2.19. The number of aromatic hydroxyl groups is 1. The van der Waals surface area contributed by atoms with Crippen LogP contribution < -0.4 is 0 Å². The van der Waals surface area contributed by atoms with E-state index in [4.69, 9.17) is 9.47 Å². The van der Waals surface area contributed by atoms with E-state index in [1.807, 2.05) is 0 Å². The third kappa shape index (κ3) is 4.68. The first kappa shape index (κ1) is 23.1. The number of carbonyl (C=O) groups excluding carboxylic acids is 2. The normalized spacial score (nSPS) is 12.1. The Bertz CT molecular complexity index is 1190. The number of phenols is 1. The van der Waals surface area contributed by atoms with Crippen LogP contribution >= 0.6 is 0 Å². The maximum Gasteiger partial charge on any atom is 0.434 e. The second-order valence-corrected chi connectivity index (χ2v) is 7.91. The molecule has 2 aromatic heterocycles. The zero-order valence-corrected chi connectivity index (χ0v) is 17.8. The number of nitrogens with zero attached hydrogens (tertiary/aromatic N) is 2. The Morgan fingerprint density at radius 3 is 2.41 bits per heavy atom. The summed E-state index contributed by atoms with van der Waals surface area (Å²) in [6, 6.07) is 6.31. The molecule has 0 radical (unpaired) electrons. The van der Waals surface area contributed by atoms with Crippen molar-refractivity contribution < 1.29 is 37.3 Å². The summed E-state index contributed by atoms with van der Waals surface area (Å²) in [5.74, 6) is -1.28. The van der Waals surface area contributed by atoms with Crippen molar-refractivity contribution in [2.75, 3.05) is 6.61 Å². The molecule has 0 atom stereocenters. The number of ether oxygens (including phenoxy) is 2. The molecule has 0 aliphatic carbocycles. The number of aromatic nitrogens is 2. The summed E-state index contributed by atoms with van der Waals surface area (Å²) in [6.45, 7) is 6.39. The van der Waals surface area contributed by atoms with Gasteiger partial charge >= 0.3 is 18.2 Å². The molecule has 0 bridgehead atoms. The van der Waals surface area contributed by atoms with Crippen LogP contribution in [0.3, 0.4) is 0 Å². The third-order valence-electron chi connectivity index (χ3n) is 4.31. The number of benzene rings is 1. The lowest BCUT2D eigenvalue weighted by Crippen LogP contribution is -2.26. The molecule has 3 rings (SSSR count). The Morgan fingerprint density at radius 2 is 1.81 bits per heavy atom. The predicted molar refractivity (Wildman–Crippen MR) is 109 cm³/mol. The van der Waals surface area contributed by atoms with Crippen molar-refractivity contribution in [3.63, 3.8) is 0 Å². The minimum absolute atomic E-state index is 0.0925. The van der Waals surface area contributed by atoms with Crippen LogP contribution in [0.1, 0.15) is 43.7 Å². The van der Waals surface area contributed by atoms with E-state index < -0.39 is 35.1 Å². The number of fused-ring (bicyclic) bond motifs is 1. The van der Waals surface area contributed by atoms with E-state index in [-0.39, 0.29) is 29.1 Å². The number of phenolic OH excluding ortho intramolecular Hbond substituents is 1. The zero-order valence-electron chi connectivity index (χ0n) is 17.8. The van der Waals surface area contributed by atoms with Gasteiger partial charge in [-0.15, -0.1) is 0 Å². The molecule has 0 saturated carbocycles. The van der Waals surface area contributed by atoms with E-state index in [2.05, 4.69) is 4.98 Å². The first-order chi connectivity index (χ1) is 14.8. The van der Waals surface area contributed by atoms with Crippen molar-refractivity contribution in [3.05, 3.63) is 47.8 Å². The van der Waals surface area contributed by atoms with Crippen molar-refractivity contribution in [3.8, 4) is 17.0 Å². The molecule has 7 nitrogen and oxygen atoms in total. The first-order valence-electron chi connectivity index (χ1n) is 9.65. The fraction of sp³-hybridized carbons (Fsp3) is 0.318. The maximum absolute atomic E-state index is 13.6. The molecular weight excluding hydrogens is 429 g/mol. The average Bonchev–Trinajstić information content (AvgIpc) is 3.04. The Balaban J connectivity index is 2.22. The Kier molecular flexibility index (Phi) is 5.90. The molecule has 2 heterocycles. The second kappa shape index (κ2) is 8.18. The molecule has 0 amide bonds. The summed E-state index contributed by atoms with van der Waals surface area (Å²) in [7, 11) is 0. The predicted octanol–water partition coefficient (Wildman–Crippen LogP) is 5.39. The van der Waals surface area contributed by atoms with Gasteiger partial charge in [0.2, 0.25) is 0 Å². The summed E-state index contributed by atoms with van der Waals surface area (Å²) in [6.07, 6.45) is -4.41. The van der Waals surface area contributed by atoms with Crippen molar-refractivity contribution in [2.24, 2.45) is 0 Å². The summed E-state index contributed by atoms with van der Waals surface area (Å²) < 4.78 is 52.1. The van der Waals surface area contributed by atoms with E-state index in [1.165, 1.54) is 37.4 Å². The Morgan fingerprint density at radius 1 is 1.12 bits per heavy atom. The van der Waals surface area contributed by atoms with Gasteiger partial charge in [-0.3, -0.25) is 4.57 Å². The number of rotatable bonds is 3. The molecule has 0 unspecified atom stereocenters. The fourth-order valence-electron chi connectivity index (χ4n) is 3.08. The van der Waals surface area contributed by atoms with E-state index >= 15 is 0 Å². The molecule has 32 heavy (non-hydrogen) atoms. The highest BCUT2D eigenvalue weighted by atomic mass is 19.4. The quantitative estimate of drug-likeness (QED) is 0.538. The minimum Gasteiger partial charge on any atom is -0.508 e. The fourth-order valence-corrected chi connectivity index (χ4v) is 3.08. The van der Waals surface area contributed by atoms with Gasteiger partial charge in [-0.2, -0.15) is 13.2 Å². The Labute approximate surface area is 181 Å². The van der Waals surface area contributed by atoms with E-state index in [0.29, 0.717) is 5.39 Å². The summed E-state index contributed by atoms with van der Waals surface area (Å²) in [5, 5.41) is 10.2. The molecule has 0 aliphatic heterocycles. The number of hydrogen-bond acceptors (Lipinski definition) is 6. The number of esters is 1. The van der Waals surface area contributed by atoms with E-state index in [9.17, 15) is 27.9 Å². The summed E-state index contributed by atoms with van der Waals surface area (Å²) >= 11 is 0. The topological polar surface area (TPSA) is 90.7 Å². The van der Waals surface area contributed by atoms with Crippen LogP contribution in [0.2, 0.25) is 0 Å². The second-order valence-electron chi connectivity index (χ2n) is 7.91. The molecule has 3 aromatic rings. The van der Waals surface area contributed by atoms with Gasteiger partial charge in [0.25, 0.3) is 0 Å². The number of halogens is 3. The number of hydrogen-bond donors (Lipinski definition) is 1. The monoisotopic (exact) mass is 450 g/mol. The molecule has 0 aliphatic rings. The number of carbonyl (C=O) groups is 2. The van der Waals surface area contributed by atoms with Gasteiger partial charge in [0.1, 0.15) is 11.4 Å². The van der Waals surface area contributed by atoms with Gasteiger partial charge in [-0.1, -0.05) is 0 Å². The molecule has 170 valence electrons. The van der Waals surface area contributed by atoms with Crippen LogP contribution in [0.5, 0.6) is 5.75 Å². The lowest BCUT2D eigenvalue weighted by atomic mass is 10.1. The zero-order chi connectivity index (χ0) is 23.8. The highest BCUT2D eigenvalue weighted by Crippen LogP contribution is 2.36. The molecule has 0 spiro atoms. The van der Waals surface area contributed by atoms with Crippen molar-refractivity contribution in [1.29, 1.82) is 0 Å². The van der Waals surface area contributed by atoms with Gasteiger partial charge in [0.05, 0.1) is 23.4 Å². The molecule has 1 aromatic carbocycles. The van der Waals surface area contributed by atoms with Crippen LogP contribution in [0.25, 0.3) is 22.2 Å². The summed E-state index contributed by atoms with van der Waals surface area (Å²) in [5.41, 5.74) is -2.65. The van der Waals surface area contributed by atoms with Gasteiger partial charge < -0.3 is 14.6 Å². The summed E-state index contributed by atoms with van der Waals surface area (Å²) in [4.78, 5) is 28.3. The van der Waals surface area contributed by atoms with Crippen molar-refractivity contribution in [1.82, 2.24) is 9.55 Å². The molecular formula is C22H21F3N2O5. The third-order valence-corrected chi connectivity index (χ3v) is 4.31. The smallest absolute Gasteiger partial charge is 0.434 e. The van der Waals surface area contributed by atoms with Gasteiger partial charge in [0, 0.05) is 23.2 Å². The first-order valence-corrected chi connectivity index (χ1v) is 9.65. The van der Waals surface area contributed by atoms with Crippen molar-refractivity contribution >= 4 is 23.0 Å². The van der Waals surface area contributed by atoms with Crippen LogP contribution in [-0.4, -0.2) is 38.9 Å². The molecule has 10 heteroatoms. The van der Waals surface area contributed by atoms with Crippen LogP contribution in [0.4, 0.5) is 18.0 Å². The molecule has 1 N–H and O–H groups in total. The van der Waals surface area contributed by atoms with Gasteiger partial charge in [-0.05, 0) is 52.0 Å². The van der Waals surface area contributed by atoms with E-state index in [1.54, 1.807) is 20.8 Å².